The monoisotopic (exact) mass is 303 g/mol. The molecule has 3 rings (SSSR count). The Morgan fingerprint density at radius 3 is 2.41 bits per heavy atom. The number of methoxy groups -OCH3 is 1. The van der Waals surface area contributed by atoms with Gasteiger partial charge in [-0.15, -0.1) is 0 Å². The Morgan fingerprint density at radius 2 is 1.82 bits per heavy atom. The number of ether oxygens (including phenoxy) is 1. The maximum atomic E-state index is 12.4. The van der Waals surface area contributed by atoms with Gasteiger partial charge < -0.3 is 15.2 Å². The topological polar surface area (TPSA) is 75.6 Å². The van der Waals surface area contributed by atoms with E-state index in [1.54, 1.807) is 7.11 Å². The third-order valence-corrected chi connectivity index (χ3v) is 5.13. The lowest BCUT2D eigenvalue weighted by molar-refractivity contribution is -0.149. The smallest absolute Gasteiger partial charge is 0.307 e. The van der Waals surface area contributed by atoms with E-state index in [-0.39, 0.29) is 23.7 Å². The second-order valence-corrected chi connectivity index (χ2v) is 6.29. The summed E-state index contributed by atoms with van der Waals surface area (Å²) < 4.78 is 5.10. The van der Waals surface area contributed by atoms with Gasteiger partial charge in [-0.1, -0.05) is 12.1 Å². The summed E-state index contributed by atoms with van der Waals surface area (Å²) in [6, 6.07) is 7.49. The molecule has 4 atom stereocenters. The molecule has 0 heterocycles. The van der Waals surface area contributed by atoms with Gasteiger partial charge in [0.15, 0.2) is 0 Å². The van der Waals surface area contributed by atoms with E-state index >= 15 is 0 Å². The molecular weight excluding hydrogens is 282 g/mol. The normalized spacial score (nSPS) is 29.3. The number of benzene rings is 1. The molecule has 0 saturated heterocycles. The molecule has 5 nitrogen and oxygen atoms in total. The first kappa shape index (κ1) is 14.9. The molecule has 118 valence electrons. The molecule has 0 spiro atoms. The number of carboxylic acids is 1. The Labute approximate surface area is 129 Å². The zero-order valence-electron chi connectivity index (χ0n) is 12.6. The molecule has 2 aliphatic rings. The van der Waals surface area contributed by atoms with E-state index in [2.05, 4.69) is 5.32 Å². The fraction of sp³-hybridized carbons (Fsp3) is 0.529. The van der Waals surface area contributed by atoms with Crippen LogP contribution >= 0.6 is 0 Å². The van der Waals surface area contributed by atoms with Crippen molar-refractivity contribution in [2.45, 2.75) is 25.8 Å². The van der Waals surface area contributed by atoms with E-state index < -0.39 is 11.9 Å². The Balaban J connectivity index is 1.62. The predicted molar refractivity (Wildman–Crippen MR) is 80.3 cm³/mol. The number of nitrogens with one attached hydrogen (secondary N) is 1. The number of carbonyl (C=O) groups is 2. The van der Waals surface area contributed by atoms with Gasteiger partial charge in [0.25, 0.3) is 0 Å². The van der Waals surface area contributed by atoms with Crippen LogP contribution in [0.1, 0.15) is 24.8 Å². The molecule has 22 heavy (non-hydrogen) atoms. The van der Waals surface area contributed by atoms with Gasteiger partial charge in [-0.25, -0.2) is 0 Å². The average Bonchev–Trinajstić information content (AvgIpc) is 3.14. The van der Waals surface area contributed by atoms with E-state index in [0.717, 1.165) is 30.6 Å². The summed E-state index contributed by atoms with van der Waals surface area (Å²) in [4.78, 5) is 23.9. The van der Waals surface area contributed by atoms with Crippen molar-refractivity contribution >= 4 is 11.9 Å². The van der Waals surface area contributed by atoms with Crippen molar-refractivity contribution in [1.29, 1.82) is 0 Å². The minimum absolute atomic E-state index is 0.115. The number of amides is 1. The third-order valence-electron chi connectivity index (χ3n) is 5.13. The van der Waals surface area contributed by atoms with Crippen molar-refractivity contribution < 1.29 is 19.4 Å². The van der Waals surface area contributed by atoms with Crippen LogP contribution in [-0.4, -0.2) is 24.1 Å². The highest BCUT2D eigenvalue weighted by Gasteiger charge is 2.53. The van der Waals surface area contributed by atoms with Crippen LogP contribution in [0.2, 0.25) is 0 Å². The Morgan fingerprint density at radius 1 is 1.18 bits per heavy atom. The lowest BCUT2D eigenvalue weighted by atomic mass is 9.78. The van der Waals surface area contributed by atoms with E-state index in [4.69, 9.17) is 4.74 Å². The second kappa shape index (κ2) is 5.99. The fourth-order valence-electron chi connectivity index (χ4n) is 4.07. The third kappa shape index (κ3) is 2.67. The van der Waals surface area contributed by atoms with Gasteiger partial charge in [0, 0.05) is 6.54 Å². The zero-order chi connectivity index (χ0) is 15.7. The van der Waals surface area contributed by atoms with E-state index in [9.17, 15) is 14.7 Å². The molecular formula is C17H21NO4. The van der Waals surface area contributed by atoms with E-state index in [1.165, 1.54) is 0 Å². The maximum absolute atomic E-state index is 12.4. The molecule has 5 heteroatoms. The van der Waals surface area contributed by atoms with Crippen LogP contribution in [0, 0.1) is 23.7 Å². The fourth-order valence-corrected chi connectivity index (χ4v) is 4.07. The Hall–Kier alpha value is -2.04. The summed E-state index contributed by atoms with van der Waals surface area (Å²) in [5.41, 5.74) is 0.976. The predicted octanol–water partition coefficient (Wildman–Crippen LogP) is 2.06. The number of hydrogen-bond donors (Lipinski definition) is 2. The highest BCUT2D eigenvalue weighted by atomic mass is 16.5. The first-order valence-electron chi connectivity index (χ1n) is 7.73. The summed E-state index contributed by atoms with van der Waals surface area (Å²) in [6.45, 7) is 0.420. The lowest BCUT2D eigenvalue weighted by Gasteiger charge is -2.27. The number of hydrogen-bond acceptors (Lipinski definition) is 3. The van der Waals surface area contributed by atoms with Gasteiger partial charge in [-0.2, -0.15) is 0 Å². The molecule has 0 aliphatic heterocycles. The van der Waals surface area contributed by atoms with Gasteiger partial charge in [0.1, 0.15) is 5.75 Å². The molecule has 2 N–H and O–H groups in total. The number of aliphatic carboxylic acids is 1. The largest absolute Gasteiger partial charge is 0.497 e. The molecule has 0 unspecified atom stereocenters. The van der Waals surface area contributed by atoms with Crippen LogP contribution < -0.4 is 10.1 Å². The average molecular weight is 303 g/mol. The van der Waals surface area contributed by atoms with Crippen molar-refractivity contribution in [3.8, 4) is 5.75 Å². The molecule has 0 radical (unpaired) electrons. The van der Waals surface area contributed by atoms with Crippen LogP contribution in [0.4, 0.5) is 0 Å². The number of fused-ring (bicyclic) bond motifs is 2. The van der Waals surface area contributed by atoms with Crippen LogP contribution in [0.5, 0.6) is 5.75 Å². The van der Waals surface area contributed by atoms with Crippen molar-refractivity contribution in [2.75, 3.05) is 7.11 Å². The molecule has 2 bridgehead atoms. The van der Waals surface area contributed by atoms with Crippen molar-refractivity contribution in [2.24, 2.45) is 23.7 Å². The summed E-state index contributed by atoms with van der Waals surface area (Å²) in [7, 11) is 1.61. The SMILES string of the molecule is COc1ccc(CNC(=O)[C@H]2[C@@H]3CC[C@@H](C3)[C@@H]2C(=O)O)cc1. The minimum Gasteiger partial charge on any atom is -0.497 e. The van der Waals surface area contributed by atoms with E-state index in [1.807, 2.05) is 24.3 Å². The van der Waals surface area contributed by atoms with Gasteiger partial charge in [0.05, 0.1) is 18.9 Å². The number of carboxylic acid groups (broad SMARTS) is 1. The van der Waals surface area contributed by atoms with Crippen molar-refractivity contribution in [1.82, 2.24) is 5.32 Å². The highest BCUT2D eigenvalue weighted by Crippen LogP contribution is 2.52. The van der Waals surface area contributed by atoms with Crippen molar-refractivity contribution in [3.63, 3.8) is 0 Å². The summed E-state index contributed by atoms with van der Waals surface area (Å²) in [6.07, 6.45) is 2.82. The minimum atomic E-state index is -0.822. The van der Waals surface area contributed by atoms with Crippen LogP contribution in [-0.2, 0) is 16.1 Å². The molecule has 1 aromatic rings. The van der Waals surface area contributed by atoms with Crippen LogP contribution in [0.3, 0.4) is 0 Å². The highest BCUT2D eigenvalue weighted by molar-refractivity contribution is 5.86. The second-order valence-electron chi connectivity index (χ2n) is 6.29. The van der Waals surface area contributed by atoms with Gasteiger partial charge in [-0.3, -0.25) is 9.59 Å². The molecule has 1 amide bonds. The molecule has 0 aromatic heterocycles. The maximum Gasteiger partial charge on any atom is 0.307 e. The molecule has 2 fully saturated rings. The first-order valence-corrected chi connectivity index (χ1v) is 7.73. The number of rotatable bonds is 5. The van der Waals surface area contributed by atoms with Gasteiger partial charge in [-0.05, 0) is 48.8 Å². The summed E-state index contributed by atoms with van der Waals surface area (Å²) in [5.74, 6) is -0.619. The quantitative estimate of drug-likeness (QED) is 0.873. The Bertz CT molecular complexity index is 569. The van der Waals surface area contributed by atoms with Gasteiger partial charge >= 0.3 is 5.97 Å². The van der Waals surface area contributed by atoms with Gasteiger partial charge in [0.2, 0.25) is 5.91 Å². The van der Waals surface area contributed by atoms with Crippen LogP contribution in [0.25, 0.3) is 0 Å². The lowest BCUT2D eigenvalue weighted by Crippen LogP contribution is -2.41. The standard InChI is InChI=1S/C17H21NO4/c1-22-13-6-2-10(3-7-13)9-18-16(19)14-11-4-5-12(8-11)15(14)17(20)21/h2-3,6-7,11-12,14-15H,4-5,8-9H2,1H3,(H,18,19)(H,20,21)/t11-,12+,14+,15+/m1/s1. The summed E-state index contributed by atoms with van der Waals surface area (Å²) in [5, 5.41) is 12.3. The van der Waals surface area contributed by atoms with Crippen LogP contribution in [0.15, 0.2) is 24.3 Å². The zero-order valence-corrected chi connectivity index (χ0v) is 12.6. The Kier molecular flexibility index (Phi) is 4.05. The van der Waals surface area contributed by atoms with E-state index in [0.29, 0.717) is 6.54 Å². The molecule has 1 aromatic carbocycles. The number of carbonyl (C=O) groups excluding carboxylic acids is 1. The first-order chi connectivity index (χ1) is 10.6. The molecule has 2 saturated carbocycles. The summed E-state index contributed by atoms with van der Waals surface area (Å²) >= 11 is 0. The van der Waals surface area contributed by atoms with Crippen molar-refractivity contribution in [3.05, 3.63) is 29.8 Å². The molecule has 2 aliphatic carbocycles.